The SMILES string of the molecule is [CH2]CCCCCCN(CCO)CCCCCCC(C)C(=O)OCCCCCCCCC. The number of hydrogen-bond donors (Lipinski definition) is 1. The Balaban J connectivity index is 3.62. The summed E-state index contributed by atoms with van der Waals surface area (Å²) in [7, 11) is 0. The van der Waals surface area contributed by atoms with Crippen LogP contribution in [0.4, 0.5) is 0 Å². The van der Waals surface area contributed by atoms with Crippen molar-refractivity contribution in [3.05, 3.63) is 6.92 Å². The number of carbonyl (C=O) groups is 1. The Morgan fingerprint density at radius 2 is 1.35 bits per heavy atom. The van der Waals surface area contributed by atoms with Gasteiger partial charge in [-0.2, -0.15) is 0 Å². The summed E-state index contributed by atoms with van der Waals surface area (Å²) in [6.07, 6.45) is 20.3. The molecule has 1 radical (unpaired) electrons. The van der Waals surface area contributed by atoms with Gasteiger partial charge in [-0.3, -0.25) is 4.79 Å². The van der Waals surface area contributed by atoms with Gasteiger partial charge in [-0.25, -0.2) is 0 Å². The molecule has 0 aliphatic carbocycles. The average molecular weight is 441 g/mol. The van der Waals surface area contributed by atoms with Crippen molar-refractivity contribution in [2.45, 2.75) is 123 Å². The third-order valence-electron chi connectivity index (χ3n) is 6.15. The molecule has 0 aromatic rings. The summed E-state index contributed by atoms with van der Waals surface area (Å²) in [6, 6.07) is 0. The van der Waals surface area contributed by atoms with Crippen LogP contribution in [0.2, 0.25) is 0 Å². The van der Waals surface area contributed by atoms with Gasteiger partial charge in [0.1, 0.15) is 0 Å². The number of nitrogens with zero attached hydrogens (tertiary/aromatic N) is 1. The van der Waals surface area contributed by atoms with Crippen LogP contribution in [0.25, 0.3) is 0 Å². The molecule has 1 unspecified atom stereocenters. The van der Waals surface area contributed by atoms with E-state index in [-0.39, 0.29) is 18.5 Å². The Morgan fingerprint density at radius 1 is 0.806 bits per heavy atom. The lowest BCUT2D eigenvalue weighted by Crippen LogP contribution is -2.29. The standard InChI is InChI=1S/C27H54NO3/c1-4-6-8-10-11-15-19-25-31-27(30)26(3)20-16-12-14-18-22-28(23-24-29)21-17-13-9-7-5-2/h26,29H,2,4-25H2,1,3H3. The van der Waals surface area contributed by atoms with Crippen molar-refractivity contribution in [1.82, 2.24) is 4.90 Å². The van der Waals surface area contributed by atoms with Gasteiger partial charge in [0.2, 0.25) is 0 Å². The first-order valence-corrected chi connectivity index (χ1v) is 13.4. The van der Waals surface area contributed by atoms with E-state index in [4.69, 9.17) is 4.74 Å². The largest absolute Gasteiger partial charge is 0.465 e. The van der Waals surface area contributed by atoms with Gasteiger partial charge >= 0.3 is 5.97 Å². The fourth-order valence-electron chi connectivity index (χ4n) is 3.97. The third kappa shape index (κ3) is 21.0. The van der Waals surface area contributed by atoms with Gasteiger partial charge in [0, 0.05) is 6.54 Å². The van der Waals surface area contributed by atoms with Crippen LogP contribution < -0.4 is 0 Å². The molecule has 0 rings (SSSR count). The number of aliphatic hydroxyl groups is 1. The van der Waals surface area contributed by atoms with Crippen LogP contribution in [0.3, 0.4) is 0 Å². The van der Waals surface area contributed by atoms with E-state index in [1.807, 2.05) is 6.92 Å². The van der Waals surface area contributed by atoms with Crippen LogP contribution in [-0.2, 0) is 9.53 Å². The molecule has 0 aromatic heterocycles. The minimum absolute atomic E-state index is 0.0149. The van der Waals surface area contributed by atoms with Gasteiger partial charge in [-0.05, 0) is 38.8 Å². The summed E-state index contributed by atoms with van der Waals surface area (Å²) < 4.78 is 5.46. The maximum absolute atomic E-state index is 12.1. The van der Waals surface area contributed by atoms with E-state index in [0.717, 1.165) is 45.3 Å². The minimum atomic E-state index is -0.0149. The maximum Gasteiger partial charge on any atom is 0.308 e. The molecule has 0 aliphatic heterocycles. The van der Waals surface area contributed by atoms with Gasteiger partial charge in [0.15, 0.2) is 0 Å². The Hall–Kier alpha value is -0.610. The number of esters is 1. The quantitative estimate of drug-likeness (QED) is 0.130. The van der Waals surface area contributed by atoms with Gasteiger partial charge < -0.3 is 14.7 Å². The first kappa shape index (κ1) is 30.4. The van der Waals surface area contributed by atoms with E-state index in [2.05, 4.69) is 18.7 Å². The van der Waals surface area contributed by atoms with Crippen LogP contribution in [0.1, 0.15) is 123 Å². The summed E-state index contributed by atoms with van der Waals surface area (Å²) in [5.74, 6) is 0.00715. The van der Waals surface area contributed by atoms with E-state index >= 15 is 0 Å². The third-order valence-corrected chi connectivity index (χ3v) is 6.15. The highest BCUT2D eigenvalue weighted by molar-refractivity contribution is 5.71. The van der Waals surface area contributed by atoms with Crippen LogP contribution in [0, 0.1) is 12.8 Å². The molecular formula is C27H54NO3. The topological polar surface area (TPSA) is 49.8 Å². The van der Waals surface area contributed by atoms with E-state index in [0.29, 0.717) is 6.61 Å². The minimum Gasteiger partial charge on any atom is -0.465 e. The molecule has 0 spiro atoms. The van der Waals surface area contributed by atoms with E-state index in [1.165, 1.54) is 83.5 Å². The molecule has 4 heteroatoms. The zero-order valence-corrected chi connectivity index (χ0v) is 21.1. The summed E-state index contributed by atoms with van der Waals surface area (Å²) in [4.78, 5) is 14.5. The molecule has 0 aliphatic rings. The average Bonchev–Trinajstić information content (AvgIpc) is 2.77. The molecule has 1 N–H and O–H groups in total. The van der Waals surface area contributed by atoms with Crippen LogP contribution >= 0.6 is 0 Å². The molecule has 0 fully saturated rings. The molecule has 0 amide bonds. The number of hydrogen-bond acceptors (Lipinski definition) is 4. The maximum atomic E-state index is 12.1. The molecular weight excluding hydrogens is 386 g/mol. The van der Waals surface area contributed by atoms with Crippen LogP contribution in [0.5, 0.6) is 0 Å². The molecule has 0 bridgehead atoms. The molecule has 0 saturated carbocycles. The highest BCUT2D eigenvalue weighted by Gasteiger charge is 2.13. The van der Waals surface area contributed by atoms with Gasteiger partial charge in [-0.1, -0.05) is 104 Å². The molecule has 1 atom stereocenters. The lowest BCUT2D eigenvalue weighted by atomic mass is 10.0. The van der Waals surface area contributed by atoms with Crippen molar-refractivity contribution in [3.8, 4) is 0 Å². The van der Waals surface area contributed by atoms with Gasteiger partial charge in [-0.15, -0.1) is 0 Å². The number of aliphatic hydroxyl groups excluding tert-OH is 1. The smallest absolute Gasteiger partial charge is 0.308 e. The summed E-state index contributed by atoms with van der Waals surface area (Å²) in [5.41, 5.74) is 0. The van der Waals surface area contributed by atoms with Crippen molar-refractivity contribution >= 4 is 5.97 Å². The number of carbonyl (C=O) groups excluding carboxylic acids is 1. The Kier molecular flexibility index (Phi) is 23.6. The van der Waals surface area contributed by atoms with E-state index in [9.17, 15) is 9.90 Å². The normalized spacial score (nSPS) is 12.4. The Morgan fingerprint density at radius 3 is 1.97 bits per heavy atom. The molecule has 0 heterocycles. The second-order valence-corrected chi connectivity index (χ2v) is 9.23. The number of rotatable bonds is 24. The first-order chi connectivity index (χ1) is 15.2. The van der Waals surface area contributed by atoms with Crippen LogP contribution in [0.15, 0.2) is 0 Å². The van der Waals surface area contributed by atoms with E-state index in [1.54, 1.807) is 0 Å². The Bertz CT molecular complexity index is 375. The van der Waals surface area contributed by atoms with Crippen molar-refractivity contribution in [2.75, 3.05) is 32.8 Å². The summed E-state index contributed by atoms with van der Waals surface area (Å²) >= 11 is 0. The monoisotopic (exact) mass is 440 g/mol. The Labute approximate surface area is 194 Å². The van der Waals surface area contributed by atoms with Crippen LogP contribution in [-0.4, -0.2) is 48.8 Å². The van der Waals surface area contributed by atoms with Gasteiger partial charge in [0.25, 0.3) is 0 Å². The van der Waals surface area contributed by atoms with Crippen molar-refractivity contribution in [3.63, 3.8) is 0 Å². The van der Waals surface area contributed by atoms with Crippen molar-refractivity contribution < 1.29 is 14.6 Å². The molecule has 185 valence electrons. The zero-order chi connectivity index (χ0) is 23.0. The zero-order valence-electron chi connectivity index (χ0n) is 21.1. The first-order valence-electron chi connectivity index (χ1n) is 13.4. The molecule has 4 nitrogen and oxygen atoms in total. The predicted molar refractivity (Wildman–Crippen MR) is 133 cm³/mol. The second kappa shape index (κ2) is 24.0. The molecule has 31 heavy (non-hydrogen) atoms. The number of ether oxygens (including phenoxy) is 1. The van der Waals surface area contributed by atoms with E-state index < -0.39 is 0 Å². The van der Waals surface area contributed by atoms with Crippen molar-refractivity contribution in [1.29, 1.82) is 0 Å². The predicted octanol–water partition coefficient (Wildman–Crippen LogP) is 6.95. The second-order valence-electron chi connectivity index (χ2n) is 9.23. The summed E-state index contributed by atoms with van der Waals surface area (Å²) in [5, 5.41) is 9.27. The fraction of sp³-hybridized carbons (Fsp3) is 0.926. The lowest BCUT2D eigenvalue weighted by molar-refractivity contribution is -0.148. The molecule has 0 saturated heterocycles. The van der Waals surface area contributed by atoms with Crippen molar-refractivity contribution in [2.24, 2.45) is 5.92 Å². The lowest BCUT2D eigenvalue weighted by Gasteiger charge is -2.21. The highest BCUT2D eigenvalue weighted by atomic mass is 16.5. The fourth-order valence-corrected chi connectivity index (χ4v) is 3.97. The number of unbranched alkanes of at least 4 members (excludes halogenated alkanes) is 13. The molecule has 0 aromatic carbocycles. The van der Waals surface area contributed by atoms with Gasteiger partial charge in [0.05, 0.1) is 19.1 Å². The summed E-state index contributed by atoms with van der Waals surface area (Å²) in [6.45, 7) is 11.9. The highest BCUT2D eigenvalue weighted by Crippen LogP contribution is 2.14.